The molecule has 1 aliphatic heterocycles. The van der Waals surface area contributed by atoms with Crippen molar-refractivity contribution >= 4 is 22.9 Å². The van der Waals surface area contributed by atoms with Crippen molar-refractivity contribution in [3.05, 3.63) is 12.7 Å². The van der Waals surface area contributed by atoms with Crippen molar-refractivity contribution in [3.63, 3.8) is 0 Å². The Bertz CT molecular complexity index is 785. The Morgan fingerprint density at radius 3 is 2.96 bits per heavy atom. The van der Waals surface area contributed by atoms with Crippen LogP contribution in [0.1, 0.15) is 13.3 Å². The summed E-state index contributed by atoms with van der Waals surface area (Å²) in [6, 6.07) is -1.79. The van der Waals surface area contributed by atoms with E-state index in [0.717, 1.165) is 0 Å². The van der Waals surface area contributed by atoms with Gasteiger partial charge in [0.15, 0.2) is 17.7 Å². The van der Waals surface area contributed by atoms with Crippen LogP contribution >= 0.6 is 0 Å². The molecule has 148 valence electrons. The largest absolute Gasteiger partial charge is 0.394 e. The van der Waals surface area contributed by atoms with Gasteiger partial charge in [-0.05, 0) is 6.92 Å². The molecule has 3 heterocycles. The van der Waals surface area contributed by atoms with Gasteiger partial charge in [-0.2, -0.15) is 0 Å². The first kappa shape index (κ1) is 19.4. The van der Waals surface area contributed by atoms with E-state index in [1.807, 2.05) is 0 Å². The van der Waals surface area contributed by atoms with Gasteiger partial charge in [-0.25, -0.2) is 15.0 Å². The summed E-state index contributed by atoms with van der Waals surface area (Å²) in [4.78, 5) is 27.1. The number of anilines is 1. The normalized spacial score (nSPS) is 27.9. The van der Waals surface area contributed by atoms with Gasteiger partial charge >= 0.3 is 0 Å². The number of nitrogens with two attached hydrogens (primary N) is 1. The molecule has 1 aliphatic rings. The van der Waals surface area contributed by atoms with Gasteiger partial charge in [0, 0.05) is 6.42 Å². The minimum atomic E-state index is -1.12. The zero-order valence-corrected chi connectivity index (χ0v) is 14.6. The van der Waals surface area contributed by atoms with Gasteiger partial charge in [-0.1, -0.05) is 0 Å². The number of rotatable bonds is 6. The molecule has 2 aromatic heterocycles. The molecule has 1 fully saturated rings. The Morgan fingerprint density at radius 2 is 2.26 bits per heavy atom. The van der Waals surface area contributed by atoms with Crippen LogP contribution in [0.25, 0.3) is 11.2 Å². The molecular weight excluding hydrogens is 358 g/mol. The van der Waals surface area contributed by atoms with Crippen LogP contribution in [0.5, 0.6) is 0 Å². The van der Waals surface area contributed by atoms with Gasteiger partial charge < -0.3 is 41.4 Å². The predicted octanol–water partition coefficient (Wildman–Crippen LogP) is -2.57. The minimum Gasteiger partial charge on any atom is -0.394 e. The Labute approximate surface area is 154 Å². The summed E-state index contributed by atoms with van der Waals surface area (Å²) in [5, 5.41) is 35.0. The molecule has 0 saturated carbocycles. The Morgan fingerprint density at radius 1 is 1.48 bits per heavy atom. The zero-order chi connectivity index (χ0) is 19.6. The summed E-state index contributed by atoms with van der Waals surface area (Å²) in [7, 11) is 0. The van der Waals surface area contributed by atoms with Crippen molar-refractivity contribution < 1.29 is 24.9 Å². The summed E-state index contributed by atoms with van der Waals surface area (Å²) in [5.41, 5.74) is 6.61. The van der Waals surface area contributed by atoms with E-state index in [0.29, 0.717) is 17.0 Å². The number of hydrogen-bond acceptors (Lipinski definition) is 10. The van der Waals surface area contributed by atoms with E-state index in [1.54, 1.807) is 0 Å². The Kier molecular flexibility index (Phi) is 5.82. The van der Waals surface area contributed by atoms with Crippen LogP contribution in [0.2, 0.25) is 0 Å². The number of aliphatic hydroxyl groups is 3. The number of imidazole rings is 1. The van der Waals surface area contributed by atoms with E-state index in [1.165, 1.54) is 19.6 Å². The van der Waals surface area contributed by atoms with Crippen LogP contribution in [0.3, 0.4) is 0 Å². The topological polar surface area (TPSA) is 192 Å². The number of nitrogens with one attached hydrogen (secondary N) is 3. The molecule has 12 heteroatoms. The van der Waals surface area contributed by atoms with E-state index >= 15 is 0 Å². The first-order valence-electron chi connectivity index (χ1n) is 8.49. The lowest BCUT2D eigenvalue weighted by Crippen LogP contribution is -2.60. The number of amides is 1. The highest BCUT2D eigenvalue weighted by Crippen LogP contribution is 2.24. The second kappa shape index (κ2) is 8.10. The maximum Gasteiger partial charge on any atom is 0.239 e. The van der Waals surface area contributed by atoms with Crippen LogP contribution in [0.15, 0.2) is 12.7 Å². The first-order valence-corrected chi connectivity index (χ1v) is 8.49. The number of H-pyrrole nitrogens is 1. The molecule has 8 N–H and O–H groups in total. The second-order valence-corrected chi connectivity index (χ2v) is 6.43. The molecule has 12 nitrogen and oxygen atoms in total. The lowest BCUT2D eigenvalue weighted by atomic mass is 9.98. The standard InChI is InChI=1S/C15H23N7O5/c1-6(24)10(16)14(26)21-7-2-8(25)15(27-9(7)3-23)22-13-11-12(18-4-17-11)19-5-20-13/h4-10,15,23-25H,2-3,16H2,1H3,(H,21,26)(H2,17,18,19,20,22)/t6-,7-,8+,9+,10+,15+/m1/s1. The third kappa shape index (κ3) is 4.14. The fourth-order valence-corrected chi connectivity index (χ4v) is 2.87. The maximum absolute atomic E-state index is 12.1. The Balaban J connectivity index is 1.69. The van der Waals surface area contributed by atoms with Crippen LogP contribution in [0.4, 0.5) is 5.82 Å². The SMILES string of the molecule is C[C@@H](O)[C@H](N)C(=O)N[C@@H]1C[C@H](O)[C@@H](Nc2ncnc3nc[nH]c23)O[C@H]1CO. The average Bonchev–Trinajstić information content (AvgIpc) is 3.12. The molecule has 0 aromatic carbocycles. The van der Waals surface area contributed by atoms with Crippen molar-refractivity contribution in [2.24, 2.45) is 5.73 Å². The lowest BCUT2D eigenvalue weighted by Gasteiger charge is -2.39. The molecule has 6 atom stereocenters. The van der Waals surface area contributed by atoms with Gasteiger partial charge in [-0.3, -0.25) is 4.79 Å². The van der Waals surface area contributed by atoms with Crippen LogP contribution < -0.4 is 16.4 Å². The number of aliphatic hydroxyl groups excluding tert-OH is 3. The van der Waals surface area contributed by atoms with Gasteiger partial charge in [0.05, 0.1) is 25.1 Å². The average molecular weight is 381 g/mol. The third-order valence-corrected chi connectivity index (χ3v) is 4.45. The molecule has 0 aliphatic carbocycles. The van der Waals surface area contributed by atoms with Crippen molar-refractivity contribution in [1.82, 2.24) is 25.3 Å². The number of fused-ring (bicyclic) bond motifs is 1. The highest BCUT2D eigenvalue weighted by Gasteiger charge is 2.39. The van der Waals surface area contributed by atoms with Crippen molar-refractivity contribution in [2.45, 2.75) is 50.0 Å². The molecule has 1 saturated heterocycles. The second-order valence-electron chi connectivity index (χ2n) is 6.43. The smallest absolute Gasteiger partial charge is 0.239 e. The molecule has 0 radical (unpaired) electrons. The van der Waals surface area contributed by atoms with Crippen molar-refractivity contribution in [3.8, 4) is 0 Å². The first-order chi connectivity index (χ1) is 12.9. The molecule has 0 unspecified atom stereocenters. The fourth-order valence-electron chi connectivity index (χ4n) is 2.87. The molecule has 0 bridgehead atoms. The number of hydrogen-bond donors (Lipinski definition) is 7. The summed E-state index contributed by atoms with van der Waals surface area (Å²) in [6.45, 7) is 1.01. The summed E-state index contributed by atoms with van der Waals surface area (Å²) in [5.74, 6) is -0.206. The number of aromatic nitrogens is 4. The lowest BCUT2D eigenvalue weighted by molar-refractivity contribution is -0.144. The number of ether oxygens (including phenoxy) is 1. The molecule has 27 heavy (non-hydrogen) atoms. The zero-order valence-electron chi connectivity index (χ0n) is 14.6. The minimum absolute atomic E-state index is 0.109. The summed E-state index contributed by atoms with van der Waals surface area (Å²) < 4.78 is 5.71. The summed E-state index contributed by atoms with van der Waals surface area (Å²) >= 11 is 0. The third-order valence-electron chi connectivity index (χ3n) is 4.45. The molecule has 2 aromatic rings. The van der Waals surface area contributed by atoms with E-state index in [4.69, 9.17) is 10.5 Å². The van der Waals surface area contributed by atoms with Crippen molar-refractivity contribution in [2.75, 3.05) is 11.9 Å². The van der Waals surface area contributed by atoms with Gasteiger partial charge in [0.1, 0.15) is 30.1 Å². The molecule has 1 amide bonds. The van der Waals surface area contributed by atoms with Crippen LogP contribution in [-0.2, 0) is 9.53 Å². The highest BCUT2D eigenvalue weighted by atomic mass is 16.5. The number of aromatic amines is 1. The number of nitrogens with zero attached hydrogens (tertiary/aromatic N) is 3. The maximum atomic E-state index is 12.1. The van der Waals surface area contributed by atoms with Crippen molar-refractivity contribution in [1.29, 1.82) is 0 Å². The van der Waals surface area contributed by atoms with E-state index in [2.05, 4.69) is 30.6 Å². The monoisotopic (exact) mass is 381 g/mol. The van der Waals surface area contributed by atoms with Gasteiger partial charge in [0.2, 0.25) is 5.91 Å². The highest BCUT2D eigenvalue weighted by molar-refractivity contribution is 5.83. The Hall–Kier alpha value is -2.38. The number of carbonyl (C=O) groups excluding carboxylic acids is 1. The predicted molar refractivity (Wildman–Crippen MR) is 93.3 cm³/mol. The summed E-state index contributed by atoms with van der Waals surface area (Å²) in [6.07, 6.45) is -0.790. The fraction of sp³-hybridized carbons (Fsp3) is 0.600. The van der Waals surface area contributed by atoms with E-state index in [-0.39, 0.29) is 13.0 Å². The van der Waals surface area contributed by atoms with E-state index < -0.39 is 42.5 Å². The molecule has 0 spiro atoms. The van der Waals surface area contributed by atoms with E-state index in [9.17, 15) is 20.1 Å². The van der Waals surface area contributed by atoms with Gasteiger partial charge in [0.25, 0.3) is 0 Å². The quantitative estimate of drug-likeness (QED) is 0.280. The van der Waals surface area contributed by atoms with Crippen LogP contribution in [-0.4, -0.2) is 84.4 Å². The number of carbonyl (C=O) groups is 1. The van der Waals surface area contributed by atoms with Crippen LogP contribution in [0, 0.1) is 0 Å². The van der Waals surface area contributed by atoms with Gasteiger partial charge in [-0.15, -0.1) is 0 Å². The molecule has 3 rings (SSSR count). The molecular formula is C15H23N7O5.